The first kappa shape index (κ1) is 46.0. The lowest BCUT2D eigenvalue weighted by Gasteiger charge is -2.25. The van der Waals surface area contributed by atoms with E-state index in [0.29, 0.717) is 84.5 Å². The van der Waals surface area contributed by atoms with Gasteiger partial charge in [0, 0.05) is 52.1 Å². The topological polar surface area (TPSA) is 123 Å². The summed E-state index contributed by atoms with van der Waals surface area (Å²) < 4.78 is 16.6. The number of carbonyl (C=O) groups is 4. The molecule has 2 N–H and O–H groups in total. The maximum atomic E-state index is 13.1. The van der Waals surface area contributed by atoms with E-state index < -0.39 is 0 Å². The van der Waals surface area contributed by atoms with Crippen LogP contribution in [0.25, 0.3) is 0 Å². The molecule has 0 bridgehead atoms. The number of nitrogens with one attached hydrogen (secondary N) is 2. The van der Waals surface area contributed by atoms with E-state index >= 15 is 0 Å². The van der Waals surface area contributed by atoms with Gasteiger partial charge in [-0.05, 0) is 56.3 Å². The van der Waals surface area contributed by atoms with Gasteiger partial charge in [-0.15, -0.1) is 0 Å². The van der Waals surface area contributed by atoms with Gasteiger partial charge in [0.1, 0.15) is 11.8 Å². The van der Waals surface area contributed by atoms with Gasteiger partial charge in [-0.3, -0.25) is 14.4 Å². The normalized spacial score (nSPS) is 16.4. The minimum atomic E-state index is -0.351. The number of rotatable bonds is 32. The van der Waals surface area contributed by atoms with Crippen LogP contribution in [-0.2, 0) is 33.4 Å². The van der Waals surface area contributed by atoms with E-state index in [-0.39, 0.29) is 42.4 Å². The van der Waals surface area contributed by atoms with Crippen molar-refractivity contribution in [1.82, 2.24) is 15.5 Å². The first-order chi connectivity index (χ1) is 24.0. The molecule has 10 heteroatoms. The van der Waals surface area contributed by atoms with Crippen LogP contribution < -0.4 is 10.6 Å². The molecule has 292 valence electrons. The molecule has 0 aromatic rings. The number of amides is 3. The van der Waals surface area contributed by atoms with Crippen molar-refractivity contribution in [3.05, 3.63) is 0 Å². The van der Waals surface area contributed by atoms with Gasteiger partial charge in [-0.2, -0.15) is 0 Å². The third kappa shape index (κ3) is 25.0. The SMILES string of the molecule is CC(=O)CCC(=O)NCCCOCCOCCOCCCNC(=O)C1CCCN1C(=O)CC(C)CCCC(C)CCCC(C)CCCC(C)C. The van der Waals surface area contributed by atoms with Crippen LogP contribution in [-0.4, -0.2) is 93.7 Å². The standard InChI is InChI=1S/C40H75N3O7/c1-32(2)13-7-14-33(3)15-8-16-34(4)17-9-18-35(5)31-39(46)43-24-10-19-37(43)40(47)42-23-12-26-49-28-30-50-29-27-48-25-11-22-41-38(45)21-20-36(6)44/h32-35,37H,7-31H2,1-6H3,(H,41,45)(H,42,47). The summed E-state index contributed by atoms with van der Waals surface area (Å²) in [4.78, 5) is 50.3. The Kier molecular flexibility index (Phi) is 27.2. The zero-order valence-electron chi connectivity index (χ0n) is 32.9. The quantitative estimate of drug-likeness (QED) is 0.0731. The molecule has 4 unspecified atom stereocenters. The fraction of sp³-hybridized carbons (Fsp3) is 0.900. The van der Waals surface area contributed by atoms with Crippen molar-refractivity contribution in [2.75, 3.05) is 59.3 Å². The van der Waals surface area contributed by atoms with Crippen molar-refractivity contribution in [2.24, 2.45) is 23.7 Å². The van der Waals surface area contributed by atoms with E-state index in [1.165, 1.54) is 58.3 Å². The van der Waals surface area contributed by atoms with E-state index in [1.807, 2.05) is 4.90 Å². The van der Waals surface area contributed by atoms with Gasteiger partial charge in [0.2, 0.25) is 17.7 Å². The van der Waals surface area contributed by atoms with Crippen LogP contribution >= 0.6 is 0 Å². The number of Topliss-reactive ketones (excluding diaryl/α,β-unsaturated/α-hetero) is 1. The van der Waals surface area contributed by atoms with Crippen molar-refractivity contribution in [3.8, 4) is 0 Å². The summed E-state index contributed by atoms with van der Waals surface area (Å²) in [5, 5.41) is 5.78. The van der Waals surface area contributed by atoms with Gasteiger partial charge in [-0.1, -0.05) is 92.4 Å². The van der Waals surface area contributed by atoms with Gasteiger partial charge >= 0.3 is 0 Å². The number of hydrogen-bond acceptors (Lipinski definition) is 7. The molecule has 10 nitrogen and oxygen atoms in total. The molecule has 4 atom stereocenters. The van der Waals surface area contributed by atoms with Crippen LogP contribution in [0.5, 0.6) is 0 Å². The highest BCUT2D eigenvalue weighted by Crippen LogP contribution is 2.24. The van der Waals surface area contributed by atoms with Gasteiger partial charge in [0.05, 0.1) is 26.4 Å². The summed E-state index contributed by atoms with van der Waals surface area (Å²) in [6, 6.07) is -0.351. The molecule has 1 rings (SSSR count). The summed E-state index contributed by atoms with van der Waals surface area (Å²) >= 11 is 0. The van der Waals surface area contributed by atoms with E-state index in [0.717, 1.165) is 37.0 Å². The molecular formula is C40H75N3O7. The lowest BCUT2D eigenvalue weighted by Crippen LogP contribution is -2.46. The van der Waals surface area contributed by atoms with Crippen LogP contribution in [0.4, 0.5) is 0 Å². The molecule has 3 amide bonds. The molecule has 0 aromatic carbocycles. The van der Waals surface area contributed by atoms with Crippen molar-refractivity contribution < 1.29 is 33.4 Å². The lowest BCUT2D eigenvalue weighted by molar-refractivity contribution is -0.139. The minimum absolute atomic E-state index is 0.0164. The highest BCUT2D eigenvalue weighted by Gasteiger charge is 2.34. The van der Waals surface area contributed by atoms with Crippen molar-refractivity contribution in [3.63, 3.8) is 0 Å². The predicted molar refractivity (Wildman–Crippen MR) is 201 cm³/mol. The Labute approximate surface area is 305 Å². The summed E-state index contributed by atoms with van der Waals surface area (Å²) in [5.74, 6) is 2.71. The lowest BCUT2D eigenvalue weighted by atomic mass is 9.90. The Hall–Kier alpha value is -2.04. The van der Waals surface area contributed by atoms with Crippen LogP contribution in [0.2, 0.25) is 0 Å². The van der Waals surface area contributed by atoms with Gasteiger partial charge < -0.3 is 34.5 Å². The maximum absolute atomic E-state index is 13.1. The first-order valence-corrected chi connectivity index (χ1v) is 20.1. The number of nitrogens with zero attached hydrogens (tertiary/aromatic N) is 1. The molecule has 1 saturated heterocycles. The van der Waals surface area contributed by atoms with E-state index in [4.69, 9.17) is 14.2 Å². The van der Waals surface area contributed by atoms with Crippen LogP contribution in [0.15, 0.2) is 0 Å². The number of carbonyl (C=O) groups excluding carboxylic acids is 4. The van der Waals surface area contributed by atoms with E-state index in [9.17, 15) is 19.2 Å². The molecular weight excluding hydrogens is 634 g/mol. The van der Waals surface area contributed by atoms with Gasteiger partial charge in [0.15, 0.2) is 0 Å². The van der Waals surface area contributed by atoms with Crippen molar-refractivity contribution in [1.29, 1.82) is 0 Å². The zero-order valence-corrected chi connectivity index (χ0v) is 32.9. The highest BCUT2D eigenvalue weighted by molar-refractivity contribution is 5.88. The fourth-order valence-corrected chi connectivity index (χ4v) is 6.47. The number of ether oxygens (including phenoxy) is 3. The zero-order chi connectivity index (χ0) is 37.0. The second kappa shape index (κ2) is 29.5. The molecule has 0 aromatic heterocycles. The van der Waals surface area contributed by atoms with Crippen LogP contribution in [0.3, 0.4) is 0 Å². The third-order valence-corrected chi connectivity index (χ3v) is 9.67. The Bertz CT molecular complexity index is 915. The van der Waals surface area contributed by atoms with Crippen molar-refractivity contribution >= 4 is 23.5 Å². The summed E-state index contributed by atoms with van der Waals surface area (Å²) in [6.45, 7) is 17.7. The Morgan fingerprint density at radius 2 is 1.14 bits per heavy atom. The maximum Gasteiger partial charge on any atom is 0.242 e. The molecule has 50 heavy (non-hydrogen) atoms. The summed E-state index contributed by atoms with van der Waals surface area (Å²) in [5.41, 5.74) is 0. The Balaban J connectivity index is 2.04. The smallest absolute Gasteiger partial charge is 0.242 e. The monoisotopic (exact) mass is 710 g/mol. The number of hydrogen-bond donors (Lipinski definition) is 2. The molecule has 0 radical (unpaired) electrons. The average molecular weight is 710 g/mol. The Morgan fingerprint density at radius 1 is 0.640 bits per heavy atom. The molecule has 0 spiro atoms. The molecule has 1 heterocycles. The van der Waals surface area contributed by atoms with Gasteiger partial charge in [0.25, 0.3) is 0 Å². The van der Waals surface area contributed by atoms with Crippen LogP contribution in [0.1, 0.15) is 144 Å². The van der Waals surface area contributed by atoms with E-state index in [1.54, 1.807) is 0 Å². The molecule has 1 fully saturated rings. The molecule has 1 aliphatic heterocycles. The highest BCUT2D eigenvalue weighted by atomic mass is 16.5. The van der Waals surface area contributed by atoms with Crippen molar-refractivity contribution in [2.45, 2.75) is 150 Å². The number of likely N-dealkylation sites (tertiary alicyclic amines) is 1. The molecule has 0 aliphatic carbocycles. The molecule has 0 saturated carbocycles. The summed E-state index contributed by atoms with van der Waals surface area (Å²) in [6.07, 6.45) is 15.6. The average Bonchev–Trinajstić information content (AvgIpc) is 3.56. The fourth-order valence-electron chi connectivity index (χ4n) is 6.47. The predicted octanol–water partition coefficient (Wildman–Crippen LogP) is 6.87. The third-order valence-electron chi connectivity index (χ3n) is 9.67. The Morgan fingerprint density at radius 3 is 1.68 bits per heavy atom. The second-order valence-electron chi connectivity index (χ2n) is 15.3. The number of ketones is 1. The second-order valence-corrected chi connectivity index (χ2v) is 15.3. The first-order valence-electron chi connectivity index (χ1n) is 20.1. The van der Waals surface area contributed by atoms with E-state index in [2.05, 4.69) is 45.3 Å². The summed E-state index contributed by atoms with van der Waals surface area (Å²) in [7, 11) is 0. The van der Waals surface area contributed by atoms with Crippen LogP contribution in [0, 0.1) is 23.7 Å². The molecule has 1 aliphatic rings. The largest absolute Gasteiger partial charge is 0.379 e. The minimum Gasteiger partial charge on any atom is -0.379 e. The van der Waals surface area contributed by atoms with Gasteiger partial charge in [-0.25, -0.2) is 0 Å².